The van der Waals surface area contributed by atoms with Crippen LogP contribution >= 0.6 is 12.4 Å². The van der Waals surface area contributed by atoms with Crippen molar-refractivity contribution in [2.24, 2.45) is 0 Å². The molecule has 1 aliphatic rings. The minimum Gasteiger partial charge on any atom is -0.296 e. The first-order valence-corrected chi connectivity index (χ1v) is 5.19. The Bertz CT molecular complexity index is 344. The van der Waals surface area contributed by atoms with Crippen molar-refractivity contribution in [1.82, 2.24) is 4.90 Å². The van der Waals surface area contributed by atoms with Gasteiger partial charge in [-0.2, -0.15) is 0 Å². The maximum Gasteiger partial charge on any atom is 0.171 e. The normalized spacial score (nSPS) is 21.6. The number of hydrogen-bond acceptors (Lipinski definition) is 2. The van der Waals surface area contributed by atoms with Crippen molar-refractivity contribution < 1.29 is 9.18 Å². The molecule has 1 aromatic rings. The van der Waals surface area contributed by atoms with Crippen LogP contribution in [0.1, 0.15) is 12.0 Å². The van der Waals surface area contributed by atoms with Gasteiger partial charge in [0.1, 0.15) is 0 Å². The highest BCUT2D eigenvalue weighted by Gasteiger charge is 2.26. The molecule has 1 saturated heterocycles. The molecule has 1 aromatic carbocycles. The van der Waals surface area contributed by atoms with E-state index in [4.69, 9.17) is 0 Å². The number of hydrogen-bond donors (Lipinski definition) is 0. The SMILES string of the molecule is Cl.O=C1CCN(Cc2ccccc2)CC1F. The predicted molar refractivity (Wildman–Crippen MR) is 63.5 cm³/mol. The number of nitrogens with zero attached hydrogens (tertiary/aromatic N) is 1. The van der Waals surface area contributed by atoms with Crippen LogP contribution in [0, 0.1) is 0 Å². The van der Waals surface area contributed by atoms with E-state index in [2.05, 4.69) is 0 Å². The van der Waals surface area contributed by atoms with E-state index < -0.39 is 6.17 Å². The molecule has 2 rings (SSSR count). The van der Waals surface area contributed by atoms with Crippen molar-refractivity contribution in [2.45, 2.75) is 19.1 Å². The van der Waals surface area contributed by atoms with Crippen LogP contribution in [0.15, 0.2) is 30.3 Å². The van der Waals surface area contributed by atoms with Crippen molar-refractivity contribution >= 4 is 18.2 Å². The Hall–Kier alpha value is -0.930. The van der Waals surface area contributed by atoms with E-state index in [1.807, 2.05) is 35.2 Å². The summed E-state index contributed by atoms with van der Waals surface area (Å²) in [5.74, 6) is -0.251. The number of rotatable bonds is 2. The highest BCUT2D eigenvalue weighted by atomic mass is 35.5. The van der Waals surface area contributed by atoms with E-state index >= 15 is 0 Å². The Labute approximate surface area is 101 Å². The van der Waals surface area contributed by atoms with Gasteiger partial charge in [0, 0.05) is 26.1 Å². The molecule has 2 nitrogen and oxygen atoms in total. The molecule has 1 atom stereocenters. The van der Waals surface area contributed by atoms with Gasteiger partial charge in [-0.25, -0.2) is 4.39 Å². The molecule has 4 heteroatoms. The number of likely N-dealkylation sites (tertiary alicyclic amines) is 1. The second-order valence-electron chi connectivity index (χ2n) is 3.90. The lowest BCUT2D eigenvalue weighted by atomic mass is 10.1. The Balaban J connectivity index is 0.00000128. The third-order valence-electron chi connectivity index (χ3n) is 2.69. The summed E-state index contributed by atoms with van der Waals surface area (Å²) in [6.07, 6.45) is -0.948. The van der Waals surface area contributed by atoms with Crippen molar-refractivity contribution in [3.63, 3.8) is 0 Å². The summed E-state index contributed by atoms with van der Waals surface area (Å²) in [4.78, 5) is 13.0. The summed E-state index contributed by atoms with van der Waals surface area (Å²) in [5.41, 5.74) is 1.17. The van der Waals surface area contributed by atoms with E-state index in [0.717, 1.165) is 6.54 Å². The van der Waals surface area contributed by atoms with E-state index in [-0.39, 0.29) is 24.7 Å². The van der Waals surface area contributed by atoms with Crippen LogP contribution in [0.25, 0.3) is 0 Å². The molecule has 0 spiro atoms. The number of halogens is 2. The summed E-state index contributed by atoms with van der Waals surface area (Å²) >= 11 is 0. The average Bonchev–Trinajstić information content (AvgIpc) is 2.25. The first-order valence-electron chi connectivity index (χ1n) is 5.19. The fourth-order valence-electron chi connectivity index (χ4n) is 1.83. The van der Waals surface area contributed by atoms with Crippen molar-refractivity contribution in [2.75, 3.05) is 13.1 Å². The van der Waals surface area contributed by atoms with Gasteiger partial charge in [0.15, 0.2) is 12.0 Å². The van der Waals surface area contributed by atoms with Crippen LogP contribution in [-0.4, -0.2) is 29.9 Å². The van der Waals surface area contributed by atoms with Gasteiger partial charge in [0.05, 0.1) is 0 Å². The Morgan fingerprint density at radius 1 is 1.31 bits per heavy atom. The van der Waals surface area contributed by atoms with Gasteiger partial charge in [-0.05, 0) is 5.56 Å². The van der Waals surface area contributed by atoms with Gasteiger partial charge in [0.2, 0.25) is 0 Å². The van der Waals surface area contributed by atoms with Crippen LogP contribution in [0.2, 0.25) is 0 Å². The van der Waals surface area contributed by atoms with Crippen LogP contribution < -0.4 is 0 Å². The maximum atomic E-state index is 13.1. The third-order valence-corrected chi connectivity index (χ3v) is 2.69. The zero-order chi connectivity index (χ0) is 10.7. The lowest BCUT2D eigenvalue weighted by molar-refractivity contribution is -0.127. The summed E-state index contributed by atoms with van der Waals surface area (Å²) < 4.78 is 13.1. The van der Waals surface area contributed by atoms with E-state index in [1.165, 1.54) is 5.56 Å². The molecular formula is C12H15ClFNO. The van der Waals surface area contributed by atoms with Gasteiger partial charge in [0.25, 0.3) is 0 Å². The van der Waals surface area contributed by atoms with E-state index in [1.54, 1.807) is 0 Å². The number of alkyl halides is 1. The smallest absolute Gasteiger partial charge is 0.171 e. The lowest BCUT2D eigenvalue weighted by Crippen LogP contribution is -2.41. The topological polar surface area (TPSA) is 20.3 Å². The molecule has 1 heterocycles. The molecular weight excluding hydrogens is 229 g/mol. The molecule has 0 radical (unpaired) electrons. The largest absolute Gasteiger partial charge is 0.296 e. The quantitative estimate of drug-likeness (QED) is 0.794. The van der Waals surface area contributed by atoms with Gasteiger partial charge in [-0.1, -0.05) is 30.3 Å². The molecule has 0 saturated carbocycles. The molecule has 0 aliphatic carbocycles. The molecule has 16 heavy (non-hydrogen) atoms. The van der Waals surface area contributed by atoms with E-state index in [0.29, 0.717) is 13.0 Å². The monoisotopic (exact) mass is 243 g/mol. The van der Waals surface area contributed by atoms with Crippen molar-refractivity contribution in [3.05, 3.63) is 35.9 Å². The van der Waals surface area contributed by atoms with Gasteiger partial charge >= 0.3 is 0 Å². The summed E-state index contributed by atoms with van der Waals surface area (Å²) in [5, 5.41) is 0. The molecule has 0 amide bonds. The van der Waals surface area contributed by atoms with Crippen LogP contribution in [0.5, 0.6) is 0 Å². The molecule has 88 valence electrons. The van der Waals surface area contributed by atoms with Crippen LogP contribution in [0.4, 0.5) is 4.39 Å². The number of carbonyl (C=O) groups excluding carboxylic acids is 1. The second kappa shape index (κ2) is 5.97. The molecule has 0 bridgehead atoms. The molecule has 1 fully saturated rings. The highest BCUT2D eigenvalue weighted by molar-refractivity contribution is 5.85. The van der Waals surface area contributed by atoms with Crippen LogP contribution in [0.3, 0.4) is 0 Å². The minimum absolute atomic E-state index is 0. The average molecular weight is 244 g/mol. The highest BCUT2D eigenvalue weighted by Crippen LogP contribution is 2.13. The zero-order valence-corrected chi connectivity index (χ0v) is 9.75. The molecule has 1 aliphatic heterocycles. The number of Topliss-reactive ketones (excluding diaryl/α,β-unsaturated/α-hetero) is 1. The van der Waals surface area contributed by atoms with Gasteiger partial charge < -0.3 is 0 Å². The summed E-state index contributed by atoms with van der Waals surface area (Å²) in [7, 11) is 0. The first-order chi connectivity index (χ1) is 7.25. The number of carbonyl (C=O) groups is 1. The Morgan fingerprint density at radius 2 is 2.00 bits per heavy atom. The maximum absolute atomic E-state index is 13.1. The number of benzene rings is 1. The van der Waals surface area contributed by atoms with Crippen LogP contribution in [-0.2, 0) is 11.3 Å². The standard InChI is InChI=1S/C12H14FNO.ClH/c13-11-9-14(7-6-12(11)15)8-10-4-2-1-3-5-10;/h1-5,11H,6-9H2;1H. The number of piperidine rings is 1. The Kier molecular flexibility index (Phi) is 4.90. The fourth-order valence-corrected chi connectivity index (χ4v) is 1.83. The summed E-state index contributed by atoms with van der Waals surface area (Å²) in [6, 6.07) is 9.93. The zero-order valence-electron chi connectivity index (χ0n) is 8.93. The lowest BCUT2D eigenvalue weighted by Gasteiger charge is -2.27. The third kappa shape index (κ3) is 3.29. The molecule has 0 aromatic heterocycles. The number of ketones is 1. The van der Waals surface area contributed by atoms with Gasteiger partial charge in [-0.3, -0.25) is 9.69 Å². The van der Waals surface area contributed by atoms with Gasteiger partial charge in [-0.15, -0.1) is 12.4 Å². The minimum atomic E-state index is -1.29. The fraction of sp³-hybridized carbons (Fsp3) is 0.417. The van der Waals surface area contributed by atoms with Crippen molar-refractivity contribution in [3.8, 4) is 0 Å². The molecule has 1 unspecified atom stereocenters. The Morgan fingerprint density at radius 3 is 2.62 bits per heavy atom. The second-order valence-corrected chi connectivity index (χ2v) is 3.90. The van der Waals surface area contributed by atoms with Crippen molar-refractivity contribution in [1.29, 1.82) is 0 Å². The molecule has 0 N–H and O–H groups in total. The summed E-state index contributed by atoms with van der Waals surface area (Å²) in [6.45, 7) is 1.65. The van der Waals surface area contributed by atoms with E-state index in [9.17, 15) is 9.18 Å². The first kappa shape index (κ1) is 13.1. The predicted octanol–water partition coefficient (Wildman–Crippen LogP) is 2.22.